The SMILES string of the molecule is O=C(O)C(O)Cc1cc(F)ccc1O. The Morgan fingerprint density at radius 1 is 1.50 bits per heavy atom. The van der Waals surface area contributed by atoms with Crippen molar-refractivity contribution in [3.63, 3.8) is 0 Å². The number of aromatic hydroxyl groups is 1. The lowest BCUT2D eigenvalue weighted by atomic mass is 10.1. The van der Waals surface area contributed by atoms with Gasteiger partial charge in [0, 0.05) is 6.42 Å². The molecule has 1 unspecified atom stereocenters. The summed E-state index contributed by atoms with van der Waals surface area (Å²) in [7, 11) is 0. The Balaban J connectivity index is 2.85. The standard InChI is InChI=1S/C9H9FO4/c10-6-1-2-7(11)5(3-6)4-8(12)9(13)14/h1-3,8,11-12H,4H2,(H,13,14). The lowest BCUT2D eigenvalue weighted by Crippen LogP contribution is -2.22. The van der Waals surface area contributed by atoms with E-state index in [-0.39, 0.29) is 17.7 Å². The Bertz CT molecular complexity index is 351. The number of phenolic OH excluding ortho intramolecular Hbond substituents is 1. The second-order valence-corrected chi connectivity index (χ2v) is 2.83. The summed E-state index contributed by atoms with van der Waals surface area (Å²) in [6.07, 6.45) is -1.96. The molecular formula is C9H9FO4. The van der Waals surface area contributed by atoms with E-state index in [0.29, 0.717) is 0 Å². The van der Waals surface area contributed by atoms with Gasteiger partial charge < -0.3 is 15.3 Å². The molecular weight excluding hydrogens is 191 g/mol. The van der Waals surface area contributed by atoms with Gasteiger partial charge in [0.05, 0.1) is 0 Å². The highest BCUT2D eigenvalue weighted by molar-refractivity contribution is 5.72. The second kappa shape index (κ2) is 4.06. The van der Waals surface area contributed by atoms with Gasteiger partial charge in [-0.3, -0.25) is 0 Å². The fourth-order valence-corrected chi connectivity index (χ4v) is 1.01. The van der Waals surface area contributed by atoms with Crippen molar-refractivity contribution in [2.45, 2.75) is 12.5 Å². The van der Waals surface area contributed by atoms with E-state index in [1.54, 1.807) is 0 Å². The number of carboxylic acids is 1. The minimum Gasteiger partial charge on any atom is -0.508 e. The highest BCUT2D eigenvalue weighted by Gasteiger charge is 2.16. The van der Waals surface area contributed by atoms with Crippen LogP contribution in [0.2, 0.25) is 0 Å². The van der Waals surface area contributed by atoms with Crippen molar-refractivity contribution in [2.75, 3.05) is 0 Å². The minimum atomic E-state index is -1.64. The first-order valence-electron chi connectivity index (χ1n) is 3.89. The molecule has 76 valence electrons. The van der Waals surface area contributed by atoms with Crippen LogP contribution in [0.3, 0.4) is 0 Å². The van der Waals surface area contributed by atoms with Gasteiger partial charge in [0.2, 0.25) is 0 Å². The van der Waals surface area contributed by atoms with Gasteiger partial charge in [-0.1, -0.05) is 0 Å². The number of aliphatic carboxylic acids is 1. The zero-order valence-corrected chi connectivity index (χ0v) is 7.14. The van der Waals surface area contributed by atoms with Crippen molar-refractivity contribution >= 4 is 5.97 Å². The van der Waals surface area contributed by atoms with Crippen LogP contribution in [-0.2, 0) is 11.2 Å². The lowest BCUT2D eigenvalue weighted by molar-refractivity contribution is -0.146. The molecule has 0 aliphatic heterocycles. The first kappa shape index (κ1) is 10.5. The molecule has 0 aliphatic rings. The minimum absolute atomic E-state index is 0.0694. The zero-order valence-electron chi connectivity index (χ0n) is 7.14. The average Bonchev–Trinajstić information content (AvgIpc) is 2.11. The Hall–Kier alpha value is -1.62. The van der Waals surface area contributed by atoms with E-state index in [1.165, 1.54) is 0 Å². The van der Waals surface area contributed by atoms with Crippen LogP contribution >= 0.6 is 0 Å². The van der Waals surface area contributed by atoms with Crippen LogP contribution in [0.5, 0.6) is 5.75 Å². The normalized spacial score (nSPS) is 12.4. The van der Waals surface area contributed by atoms with E-state index in [1.807, 2.05) is 0 Å². The van der Waals surface area contributed by atoms with Crippen molar-refractivity contribution in [3.05, 3.63) is 29.6 Å². The maximum atomic E-state index is 12.7. The molecule has 1 atom stereocenters. The molecule has 0 spiro atoms. The third kappa shape index (κ3) is 2.43. The molecule has 0 fully saturated rings. The quantitative estimate of drug-likeness (QED) is 0.664. The smallest absolute Gasteiger partial charge is 0.332 e. The van der Waals surface area contributed by atoms with Gasteiger partial charge in [-0.05, 0) is 23.8 Å². The van der Waals surface area contributed by atoms with Crippen LogP contribution in [0, 0.1) is 5.82 Å². The summed E-state index contributed by atoms with van der Waals surface area (Å²) in [6.45, 7) is 0. The van der Waals surface area contributed by atoms with E-state index in [0.717, 1.165) is 18.2 Å². The molecule has 14 heavy (non-hydrogen) atoms. The molecule has 0 heterocycles. The third-order valence-electron chi connectivity index (χ3n) is 1.74. The first-order valence-corrected chi connectivity index (χ1v) is 3.89. The number of carbonyl (C=O) groups is 1. The number of hydrogen-bond acceptors (Lipinski definition) is 3. The van der Waals surface area contributed by atoms with Crippen LogP contribution in [0.4, 0.5) is 4.39 Å². The summed E-state index contributed by atoms with van der Waals surface area (Å²) in [6, 6.07) is 3.15. The molecule has 1 aromatic carbocycles. The van der Waals surface area contributed by atoms with Crippen LogP contribution in [-0.4, -0.2) is 27.4 Å². The summed E-state index contributed by atoms with van der Waals surface area (Å²) in [4.78, 5) is 10.3. The highest BCUT2D eigenvalue weighted by Crippen LogP contribution is 2.19. The maximum Gasteiger partial charge on any atom is 0.332 e. The largest absolute Gasteiger partial charge is 0.508 e. The summed E-state index contributed by atoms with van der Waals surface area (Å²) < 4.78 is 12.7. The number of aliphatic hydroxyl groups excluding tert-OH is 1. The second-order valence-electron chi connectivity index (χ2n) is 2.83. The van der Waals surface area contributed by atoms with E-state index in [4.69, 9.17) is 10.2 Å². The monoisotopic (exact) mass is 200 g/mol. The Morgan fingerprint density at radius 3 is 2.71 bits per heavy atom. The first-order chi connectivity index (χ1) is 6.50. The van der Waals surface area contributed by atoms with Crippen molar-refractivity contribution in [2.24, 2.45) is 0 Å². The van der Waals surface area contributed by atoms with Gasteiger partial charge in [0.25, 0.3) is 0 Å². The Morgan fingerprint density at radius 2 is 2.14 bits per heavy atom. The van der Waals surface area contributed by atoms with Crippen LogP contribution in [0.25, 0.3) is 0 Å². The van der Waals surface area contributed by atoms with Crippen molar-refractivity contribution in [1.29, 1.82) is 0 Å². The number of benzene rings is 1. The maximum absolute atomic E-state index is 12.7. The molecule has 0 saturated carbocycles. The van der Waals surface area contributed by atoms with Gasteiger partial charge in [-0.25, -0.2) is 9.18 Å². The van der Waals surface area contributed by atoms with E-state index in [9.17, 15) is 14.3 Å². The van der Waals surface area contributed by atoms with Gasteiger partial charge in [-0.2, -0.15) is 0 Å². The summed E-state index contributed by atoms with van der Waals surface area (Å²) in [5.74, 6) is -2.23. The molecule has 1 rings (SSSR count). The van der Waals surface area contributed by atoms with Crippen molar-refractivity contribution in [3.8, 4) is 5.75 Å². The van der Waals surface area contributed by atoms with Crippen molar-refractivity contribution < 1.29 is 24.5 Å². The van der Waals surface area contributed by atoms with Gasteiger partial charge >= 0.3 is 5.97 Å². The zero-order chi connectivity index (χ0) is 10.7. The van der Waals surface area contributed by atoms with Crippen LogP contribution < -0.4 is 0 Å². The molecule has 1 aromatic rings. The molecule has 0 aliphatic carbocycles. The summed E-state index contributed by atoms with van der Waals surface area (Å²) in [5, 5.41) is 26.5. The molecule has 0 radical (unpaired) electrons. The molecule has 5 heteroatoms. The molecule has 3 N–H and O–H groups in total. The Labute approximate surface area is 79.2 Å². The molecule has 0 aromatic heterocycles. The third-order valence-corrected chi connectivity index (χ3v) is 1.74. The number of phenols is 1. The van der Waals surface area contributed by atoms with Gasteiger partial charge in [-0.15, -0.1) is 0 Å². The molecule has 0 saturated heterocycles. The number of aliphatic hydroxyl groups is 1. The van der Waals surface area contributed by atoms with Crippen LogP contribution in [0.15, 0.2) is 18.2 Å². The van der Waals surface area contributed by atoms with E-state index < -0.39 is 17.9 Å². The number of carboxylic acid groups (broad SMARTS) is 1. The predicted octanol–water partition coefficient (Wildman–Crippen LogP) is 0.519. The fourth-order valence-electron chi connectivity index (χ4n) is 1.01. The molecule has 0 amide bonds. The average molecular weight is 200 g/mol. The van der Waals surface area contributed by atoms with Crippen LogP contribution in [0.1, 0.15) is 5.56 Å². The molecule has 0 bridgehead atoms. The highest BCUT2D eigenvalue weighted by atomic mass is 19.1. The molecule has 4 nitrogen and oxygen atoms in total. The predicted molar refractivity (Wildman–Crippen MR) is 45.4 cm³/mol. The number of halogens is 1. The Kier molecular flexibility index (Phi) is 3.03. The van der Waals surface area contributed by atoms with Gasteiger partial charge in [0.15, 0.2) is 6.10 Å². The van der Waals surface area contributed by atoms with E-state index in [2.05, 4.69) is 0 Å². The fraction of sp³-hybridized carbons (Fsp3) is 0.222. The summed E-state index contributed by atoms with van der Waals surface area (Å²) in [5.41, 5.74) is 0.0694. The summed E-state index contributed by atoms with van der Waals surface area (Å²) >= 11 is 0. The number of hydrogen-bond donors (Lipinski definition) is 3. The van der Waals surface area contributed by atoms with Crippen molar-refractivity contribution in [1.82, 2.24) is 0 Å². The van der Waals surface area contributed by atoms with Gasteiger partial charge in [0.1, 0.15) is 11.6 Å². The topological polar surface area (TPSA) is 77.8 Å². The van der Waals surface area contributed by atoms with E-state index >= 15 is 0 Å². The number of rotatable bonds is 3. The lowest BCUT2D eigenvalue weighted by Gasteiger charge is -2.07.